The van der Waals surface area contributed by atoms with Crippen molar-refractivity contribution in [1.29, 1.82) is 0 Å². The zero-order valence-electron chi connectivity index (χ0n) is 11.1. The first-order chi connectivity index (χ1) is 9.90. The Kier molecular flexibility index (Phi) is 5.79. The maximum atomic E-state index is 11.1. The predicted octanol–water partition coefficient (Wildman–Crippen LogP) is 1.13. The summed E-state index contributed by atoms with van der Waals surface area (Å²) in [7, 11) is 0. The number of esters is 1. The van der Waals surface area contributed by atoms with Gasteiger partial charge in [0.2, 0.25) is 0 Å². The van der Waals surface area contributed by atoms with Crippen LogP contribution in [0.15, 0.2) is 10.2 Å². The molecule has 5 atom stereocenters. The summed E-state index contributed by atoms with van der Waals surface area (Å²) in [6.07, 6.45) is -3.07. The van der Waals surface area contributed by atoms with E-state index in [9.17, 15) is 14.7 Å². The van der Waals surface area contributed by atoms with Gasteiger partial charge in [-0.1, -0.05) is 10.2 Å². The molecule has 0 aromatic rings. The summed E-state index contributed by atoms with van der Waals surface area (Å²) in [5, 5.41) is 25.9. The van der Waals surface area contributed by atoms with Crippen LogP contribution in [-0.4, -0.2) is 46.4 Å². The van der Waals surface area contributed by atoms with Crippen LogP contribution in [0.3, 0.4) is 0 Å². The number of carbonyl (C=O) groups excluding carboxylic acids is 1. The summed E-state index contributed by atoms with van der Waals surface area (Å²) in [6.45, 7) is 1.10. The maximum Gasteiger partial charge on any atom is 0.303 e. The van der Waals surface area contributed by atoms with Crippen LogP contribution in [0.1, 0.15) is 19.8 Å². The average Bonchev–Trinajstić information content (AvgIpc) is 2.38. The highest BCUT2D eigenvalue weighted by molar-refractivity contribution is 5.68. The van der Waals surface area contributed by atoms with Gasteiger partial charge < -0.3 is 14.9 Å². The molecular weight excluding hydrogens is 284 g/mol. The fourth-order valence-corrected chi connectivity index (χ4v) is 2.44. The zero-order valence-corrected chi connectivity index (χ0v) is 11.1. The minimum Gasteiger partial charge on any atom is -0.481 e. The number of ether oxygens (including phenoxy) is 1. The molecule has 21 heavy (non-hydrogen) atoms. The summed E-state index contributed by atoms with van der Waals surface area (Å²) in [6, 6.07) is -1.84. The highest BCUT2D eigenvalue weighted by Crippen LogP contribution is 2.34. The predicted molar refractivity (Wildman–Crippen MR) is 67.8 cm³/mol. The lowest BCUT2D eigenvalue weighted by molar-refractivity contribution is -0.166. The third kappa shape index (κ3) is 4.25. The summed E-state index contributed by atoms with van der Waals surface area (Å²) < 4.78 is 4.95. The lowest BCUT2D eigenvalue weighted by atomic mass is 9.76. The van der Waals surface area contributed by atoms with E-state index in [-0.39, 0.29) is 6.42 Å². The molecule has 0 bridgehead atoms. The van der Waals surface area contributed by atoms with Crippen LogP contribution in [0.4, 0.5) is 0 Å². The number of azide groups is 2. The molecule has 0 amide bonds. The first-order valence-corrected chi connectivity index (χ1v) is 6.06. The van der Waals surface area contributed by atoms with Crippen molar-refractivity contribution < 1.29 is 24.5 Å². The average molecular weight is 298 g/mol. The molecular formula is C10H14N6O5. The number of rotatable bonds is 5. The third-order valence-electron chi connectivity index (χ3n) is 3.24. The molecule has 11 heteroatoms. The van der Waals surface area contributed by atoms with Crippen molar-refractivity contribution in [3.8, 4) is 0 Å². The molecule has 0 unspecified atom stereocenters. The molecule has 0 aromatic carbocycles. The number of carbonyl (C=O) groups is 2. The molecule has 2 N–H and O–H groups in total. The molecule has 114 valence electrons. The number of aliphatic carboxylic acids is 1. The molecule has 11 nitrogen and oxygen atoms in total. The van der Waals surface area contributed by atoms with Gasteiger partial charge in [-0.05, 0) is 17.5 Å². The van der Waals surface area contributed by atoms with E-state index in [1.54, 1.807) is 0 Å². The third-order valence-corrected chi connectivity index (χ3v) is 3.24. The van der Waals surface area contributed by atoms with Gasteiger partial charge in [-0.15, -0.1) is 0 Å². The van der Waals surface area contributed by atoms with E-state index in [0.29, 0.717) is 0 Å². The van der Waals surface area contributed by atoms with Gasteiger partial charge >= 0.3 is 11.9 Å². The zero-order chi connectivity index (χ0) is 16.0. The van der Waals surface area contributed by atoms with Crippen molar-refractivity contribution in [2.75, 3.05) is 0 Å². The molecule has 0 heterocycles. The van der Waals surface area contributed by atoms with Crippen molar-refractivity contribution in [2.24, 2.45) is 16.1 Å². The lowest BCUT2D eigenvalue weighted by Crippen LogP contribution is -2.53. The fraction of sp³-hybridized carbons (Fsp3) is 0.800. The van der Waals surface area contributed by atoms with Gasteiger partial charge in [0.1, 0.15) is 6.10 Å². The van der Waals surface area contributed by atoms with Crippen molar-refractivity contribution >= 4 is 11.9 Å². The number of hydrogen-bond acceptors (Lipinski definition) is 6. The number of aliphatic hydroxyl groups is 1. The van der Waals surface area contributed by atoms with Crippen LogP contribution in [0.25, 0.3) is 20.9 Å². The monoisotopic (exact) mass is 298 g/mol. The molecule has 1 saturated carbocycles. The molecule has 0 radical (unpaired) electrons. The van der Waals surface area contributed by atoms with Crippen molar-refractivity contribution in [1.82, 2.24) is 0 Å². The van der Waals surface area contributed by atoms with Crippen molar-refractivity contribution in [3.05, 3.63) is 20.9 Å². The summed E-state index contributed by atoms with van der Waals surface area (Å²) >= 11 is 0. The van der Waals surface area contributed by atoms with Gasteiger partial charge in [0.25, 0.3) is 0 Å². The molecule has 1 rings (SSSR count). The molecule has 0 aliphatic heterocycles. The largest absolute Gasteiger partial charge is 0.481 e. The van der Waals surface area contributed by atoms with E-state index >= 15 is 0 Å². The molecule has 0 saturated heterocycles. The van der Waals surface area contributed by atoms with Gasteiger partial charge in [-0.2, -0.15) is 0 Å². The highest BCUT2D eigenvalue weighted by atomic mass is 16.6. The van der Waals surface area contributed by atoms with Gasteiger partial charge in [-0.25, -0.2) is 0 Å². The molecule has 0 aromatic heterocycles. The minimum atomic E-state index is -1.36. The second-order valence-electron chi connectivity index (χ2n) is 4.61. The molecule has 1 aliphatic rings. The second kappa shape index (κ2) is 7.34. The number of carboxylic acid groups (broad SMARTS) is 1. The quantitative estimate of drug-likeness (QED) is 0.333. The number of aliphatic hydroxyl groups excluding tert-OH is 1. The Morgan fingerprint density at radius 3 is 2.33 bits per heavy atom. The van der Waals surface area contributed by atoms with Crippen LogP contribution >= 0.6 is 0 Å². The highest BCUT2D eigenvalue weighted by Gasteiger charge is 2.46. The Balaban J connectivity index is 3.17. The maximum absolute atomic E-state index is 11.1. The van der Waals surface area contributed by atoms with Crippen LogP contribution in [0.2, 0.25) is 0 Å². The number of nitrogens with zero attached hydrogens (tertiary/aromatic N) is 6. The van der Waals surface area contributed by atoms with Gasteiger partial charge in [0.15, 0.2) is 0 Å². The van der Waals surface area contributed by atoms with Crippen LogP contribution < -0.4 is 0 Å². The molecule has 1 fully saturated rings. The summed E-state index contributed by atoms with van der Waals surface area (Å²) in [5.74, 6) is -2.82. The topological polar surface area (TPSA) is 181 Å². The first kappa shape index (κ1) is 16.6. The Bertz CT molecular complexity index is 512. The number of carboxylic acids is 1. The van der Waals surface area contributed by atoms with Crippen LogP contribution in [0.5, 0.6) is 0 Å². The normalized spacial score (nSPS) is 31.4. The van der Waals surface area contributed by atoms with E-state index in [1.807, 2.05) is 0 Å². The van der Waals surface area contributed by atoms with Crippen LogP contribution in [-0.2, 0) is 14.3 Å². The van der Waals surface area contributed by atoms with Crippen LogP contribution in [0, 0.1) is 5.92 Å². The Morgan fingerprint density at radius 1 is 1.29 bits per heavy atom. The molecule has 1 aliphatic carbocycles. The van der Waals surface area contributed by atoms with E-state index in [1.165, 1.54) is 0 Å². The fourth-order valence-electron chi connectivity index (χ4n) is 2.44. The van der Waals surface area contributed by atoms with Crippen molar-refractivity contribution in [2.45, 2.75) is 44.1 Å². The van der Waals surface area contributed by atoms with Gasteiger partial charge in [-0.3, -0.25) is 9.59 Å². The standard InChI is InChI=1S/C10H14N6O5/c1-4(17)21-10-5(2-8(18)19)6(13-15-11)3-7(9(10)20)14-16-12/h5-7,9-10,20H,2-3H2,1H3,(H,18,19)/t5-,6+,7-,9+,10-/m0/s1. The second-order valence-corrected chi connectivity index (χ2v) is 4.61. The Labute approximate surface area is 118 Å². The van der Waals surface area contributed by atoms with E-state index in [4.69, 9.17) is 20.9 Å². The number of hydrogen-bond donors (Lipinski definition) is 2. The van der Waals surface area contributed by atoms with Gasteiger partial charge in [0, 0.05) is 28.7 Å². The Hall–Kier alpha value is -2.48. The smallest absolute Gasteiger partial charge is 0.303 e. The van der Waals surface area contributed by atoms with E-state index < -0.39 is 48.6 Å². The Morgan fingerprint density at radius 2 is 1.86 bits per heavy atom. The van der Waals surface area contributed by atoms with E-state index in [0.717, 1.165) is 6.92 Å². The minimum absolute atomic E-state index is 0.0228. The molecule has 0 spiro atoms. The summed E-state index contributed by atoms with van der Waals surface area (Å²) in [4.78, 5) is 27.3. The summed E-state index contributed by atoms with van der Waals surface area (Å²) in [5.41, 5.74) is 17.0. The van der Waals surface area contributed by atoms with Crippen molar-refractivity contribution in [3.63, 3.8) is 0 Å². The van der Waals surface area contributed by atoms with Gasteiger partial charge in [0.05, 0.1) is 18.6 Å². The SMILES string of the molecule is CC(=O)O[C@@H]1[C@H](O)[C@@H](N=[N+]=[N-])C[C@@H](N=[N+]=[N-])[C@@H]1CC(=O)O. The first-order valence-electron chi connectivity index (χ1n) is 6.06. The lowest BCUT2D eigenvalue weighted by Gasteiger charge is -2.40. The van der Waals surface area contributed by atoms with E-state index in [2.05, 4.69) is 20.1 Å².